The van der Waals surface area contributed by atoms with Crippen molar-refractivity contribution in [3.05, 3.63) is 53.1 Å². The molecule has 0 bridgehead atoms. The molecule has 1 nitrogen and oxygen atoms in total. The molecule has 1 aromatic carbocycles. The van der Waals surface area contributed by atoms with E-state index in [9.17, 15) is 0 Å². The van der Waals surface area contributed by atoms with Gasteiger partial charge >= 0.3 is 24.8 Å². The first-order valence-corrected chi connectivity index (χ1v) is 7.80. The molecule has 1 aliphatic carbocycles. The minimum absolute atomic E-state index is 0. The molecule has 0 heterocycles. The van der Waals surface area contributed by atoms with Gasteiger partial charge in [0.25, 0.3) is 0 Å². The number of hydrogen-bond donors (Lipinski definition) is 1. The Hall–Kier alpha value is -0.336. The molecule has 1 N–H and O–H groups in total. The smallest absolute Gasteiger partial charge is 1.00 e. The van der Waals surface area contributed by atoms with Gasteiger partial charge in [-0.05, 0) is 42.5 Å². The van der Waals surface area contributed by atoms with Crippen molar-refractivity contribution in [3.63, 3.8) is 0 Å². The van der Waals surface area contributed by atoms with Crippen LogP contribution in [0.1, 0.15) is 38.3 Å². The third-order valence-electron chi connectivity index (χ3n) is 2.71. The monoisotopic (exact) mass is 375 g/mol. The fourth-order valence-electron chi connectivity index (χ4n) is 1.87. The first-order valence-electron chi connectivity index (χ1n) is 6.69. The summed E-state index contributed by atoms with van der Waals surface area (Å²) in [6.07, 6.45) is 8.63. The second-order valence-electron chi connectivity index (χ2n) is 5.79. The first-order chi connectivity index (χ1) is 9.29. The van der Waals surface area contributed by atoms with E-state index in [1.54, 1.807) is 32.1 Å². The van der Waals surface area contributed by atoms with Gasteiger partial charge in [0.2, 0.25) is 0 Å². The molecule has 4 heteroatoms. The quantitative estimate of drug-likeness (QED) is 0.441. The molecule has 1 aliphatic rings. The van der Waals surface area contributed by atoms with Gasteiger partial charge in [-0.15, -0.1) is 6.42 Å². The molecule has 123 valence electrons. The number of halogens is 2. The van der Waals surface area contributed by atoms with Gasteiger partial charge in [0.1, 0.15) is 5.75 Å². The molecular formula is C18H25Cl2OTi-2. The fraction of sp³-hybridized carbons (Fsp3) is 0.389. The van der Waals surface area contributed by atoms with E-state index in [1.807, 2.05) is 19.9 Å². The van der Waals surface area contributed by atoms with Crippen molar-refractivity contribution < 1.29 is 49.9 Å². The Kier molecular flexibility index (Phi) is 15.9. The van der Waals surface area contributed by atoms with Crippen LogP contribution in [0.5, 0.6) is 5.75 Å². The van der Waals surface area contributed by atoms with Crippen LogP contribution in [0.25, 0.3) is 0 Å². The molecule has 1 aromatic rings. The summed E-state index contributed by atoms with van der Waals surface area (Å²) in [5.41, 5.74) is 3.86. The molecule has 2 rings (SSSR count). The zero-order valence-corrected chi connectivity index (χ0v) is 17.1. The maximum atomic E-state index is 8.99. The number of aromatic hydroxyl groups is 1. The van der Waals surface area contributed by atoms with Crippen molar-refractivity contribution in [2.45, 2.75) is 41.0 Å². The van der Waals surface area contributed by atoms with Crippen molar-refractivity contribution in [2.24, 2.45) is 5.41 Å². The van der Waals surface area contributed by atoms with E-state index < -0.39 is 0 Å². The normalized spacial score (nSPS) is 11.7. The minimum Gasteiger partial charge on any atom is -1.00 e. The van der Waals surface area contributed by atoms with Gasteiger partial charge in [-0.25, -0.2) is 11.6 Å². The Morgan fingerprint density at radius 3 is 1.73 bits per heavy atom. The predicted molar refractivity (Wildman–Crippen MR) is 84.7 cm³/mol. The topological polar surface area (TPSA) is 20.2 Å². The molecule has 0 unspecified atom stereocenters. The summed E-state index contributed by atoms with van der Waals surface area (Å²) in [4.78, 5) is 3.25. The van der Waals surface area contributed by atoms with Crippen molar-refractivity contribution >= 4 is 4.82 Å². The molecule has 0 saturated heterocycles. The SMILES string of the molecule is CC(C)(C)C1=[C-]CC=C1.Cc1cc(C)cc(O)c1.[CH2]=[Ti+].[Cl-].[Cl-]. The van der Waals surface area contributed by atoms with E-state index in [1.165, 1.54) is 5.57 Å². The van der Waals surface area contributed by atoms with E-state index >= 15 is 0 Å². The average Bonchev–Trinajstić information content (AvgIpc) is 2.83. The van der Waals surface area contributed by atoms with E-state index in [2.05, 4.69) is 43.8 Å². The van der Waals surface area contributed by atoms with Crippen LogP contribution >= 0.6 is 0 Å². The predicted octanol–water partition coefficient (Wildman–Crippen LogP) is -1.30. The van der Waals surface area contributed by atoms with Gasteiger partial charge in [-0.1, -0.05) is 26.8 Å². The van der Waals surface area contributed by atoms with Crippen molar-refractivity contribution in [1.82, 2.24) is 0 Å². The summed E-state index contributed by atoms with van der Waals surface area (Å²) in [5.74, 6) is 0.354. The van der Waals surface area contributed by atoms with Crippen molar-refractivity contribution in [3.8, 4) is 5.75 Å². The maximum Gasteiger partial charge on any atom is -1.00 e. The minimum atomic E-state index is 0. The summed E-state index contributed by atoms with van der Waals surface area (Å²) >= 11 is 1.75. The second kappa shape index (κ2) is 13.1. The number of rotatable bonds is 0. The fourth-order valence-corrected chi connectivity index (χ4v) is 1.87. The first kappa shape index (κ1) is 26.6. The number of aryl methyl sites for hydroxylation is 2. The zero-order chi connectivity index (χ0) is 15.8. The van der Waals surface area contributed by atoms with Gasteiger partial charge < -0.3 is 29.9 Å². The van der Waals surface area contributed by atoms with E-state index in [0.717, 1.165) is 17.5 Å². The van der Waals surface area contributed by atoms with Crippen LogP contribution in [-0.4, -0.2) is 9.92 Å². The molecule has 0 aromatic heterocycles. The van der Waals surface area contributed by atoms with Crippen LogP contribution in [0.2, 0.25) is 0 Å². The van der Waals surface area contributed by atoms with Crippen molar-refractivity contribution in [1.29, 1.82) is 0 Å². The Morgan fingerprint density at radius 1 is 1.05 bits per heavy atom. The van der Waals surface area contributed by atoms with Crippen LogP contribution in [0.15, 0.2) is 35.9 Å². The number of hydrogen-bond acceptors (Lipinski definition) is 1. The summed E-state index contributed by atoms with van der Waals surface area (Å²) in [7, 11) is 0. The average molecular weight is 376 g/mol. The standard InChI is InChI=1S/C9H13.C8H10O.CH2.2ClH.Ti/c1-9(2,3)8-6-4-5-7-8;1-6-3-7(2)5-8(9)4-6;;;;/h4,6H,5H2,1-3H3;3-5,9H,1-2H3;1H2;2*1H;/q-1;;;;;+1/p-2. The number of benzene rings is 1. The van der Waals surface area contributed by atoms with E-state index in [0.29, 0.717) is 11.2 Å². The summed E-state index contributed by atoms with van der Waals surface area (Å²) in [5, 5.41) is 8.99. The molecule has 0 saturated carbocycles. The molecule has 0 fully saturated rings. The van der Waals surface area contributed by atoms with E-state index in [-0.39, 0.29) is 24.8 Å². The van der Waals surface area contributed by atoms with Crippen LogP contribution in [0.3, 0.4) is 0 Å². The molecule has 0 radical (unpaired) electrons. The van der Waals surface area contributed by atoms with Gasteiger partial charge in [-0.2, -0.15) is 6.08 Å². The summed E-state index contributed by atoms with van der Waals surface area (Å²) in [6, 6.07) is 5.51. The second-order valence-corrected chi connectivity index (χ2v) is 5.79. The number of phenols is 1. The zero-order valence-electron chi connectivity index (χ0n) is 14.0. The molecular weight excluding hydrogens is 351 g/mol. The number of phenolic OH excluding ortho intramolecular Hbond substituents is 1. The Labute approximate surface area is 159 Å². The molecule has 0 spiro atoms. The molecule has 0 amide bonds. The van der Waals surface area contributed by atoms with E-state index in [4.69, 9.17) is 5.11 Å². The Morgan fingerprint density at radius 2 is 1.50 bits per heavy atom. The summed E-state index contributed by atoms with van der Waals surface area (Å²) < 4.78 is 0. The van der Waals surface area contributed by atoms with Crippen molar-refractivity contribution in [2.75, 3.05) is 0 Å². The van der Waals surface area contributed by atoms with Crippen LogP contribution in [-0.2, 0) is 20.0 Å². The molecule has 0 atom stereocenters. The third-order valence-corrected chi connectivity index (χ3v) is 2.71. The van der Waals surface area contributed by atoms with Crippen LogP contribution in [0, 0.1) is 25.3 Å². The van der Waals surface area contributed by atoms with Crippen LogP contribution in [0.4, 0.5) is 0 Å². The largest absolute Gasteiger partial charge is 1.00 e. The van der Waals surface area contributed by atoms with Gasteiger partial charge in [0.05, 0.1) is 0 Å². The summed E-state index contributed by atoms with van der Waals surface area (Å²) in [6.45, 7) is 10.6. The third kappa shape index (κ3) is 11.3. The van der Waals surface area contributed by atoms with Gasteiger partial charge in [0.15, 0.2) is 0 Å². The maximum absolute atomic E-state index is 8.99. The Balaban J connectivity index is -0.000000273. The van der Waals surface area contributed by atoms with Gasteiger partial charge in [0, 0.05) is 0 Å². The van der Waals surface area contributed by atoms with Crippen LogP contribution < -0.4 is 24.8 Å². The Bertz CT molecular complexity index is 438. The number of allylic oxidation sites excluding steroid dienone is 4. The van der Waals surface area contributed by atoms with Gasteiger partial charge in [-0.3, -0.25) is 6.08 Å². The molecule has 0 aliphatic heterocycles. The molecule has 22 heavy (non-hydrogen) atoms.